The van der Waals surface area contributed by atoms with Gasteiger partial charge in [-0.3, -0.25) is 9.35 Å². The fourth-order valence-corrected chi connectivity index (χ4v) is 2.00. The number of hydrogen-bond donors (Lipinski definition) is 1. The zero-order valence-corrected chi connectivity index (χ0v) is 12.8. The molecule has 91 valence electrons. The fraction of sp³-hybridized carbons (Fsp3) is 0.200. The zero-order chi connectivity index (χ0) is 12.6. The topological polar surface area (TPSA) is 87.0 Å². The van der Waals surface area contributed by atoms with E-state index in [-0.39, 0.29) is 46.8 Å². The minimum Gasteiger partial charge on any atom is -0.282 e. The van der Waals surface area contributed by atoms with E-state index in [1.807, 2.05) is 0 Å². The summed E-state index contributed by atoms with van der Waals surface area (Å²) in [7, 11) is -4.21. The molecule has 0 bridgehead atoms. The Bertz CT molecular complexity index is 595. The second-order valence-electron chi connectivity index (χ2n) is 3.69. The maximum atomic E-state index is 11.5. The molecule has 0 aliphatic carbocycles. The summed E-state index contributed by atoms with van der Waals surface area (Å²) in [6.07, 6.45) is 0.264. The van der Waals surface area contributed by atoms with E-state index in [0.29, 0.717) is 11.4 Å². The number of benzene rings is 1. The smallest absolute Gasteiger partial charge is 0.282 e. The Kier molecular flexibility index (Phi) is 4.68. The fourth-order valence-electron chi connectivity index (χ4n) is 1.52. The van der Waals surface area contributed by atoms with E-state index in [4.69, 9.17) is 4.55 Å². The quantitative estimate of drug-likeness (QED) is 0.635. The molecule has 0 fully saturated rings. The number of rotatable bonds is 2. The van der Waals surface area contributed by atoms with E-state index < -0.39 is 10.1 Å². The van der Waals surface area contributed by atoms with Gasteiger partial charge < -0.3 is 0 Å². The van der Waals surface area contributed by atoms with Crippen molar-refractivity contribution in [3.63, 3.8) is 0 Å². The van der Waals surface area contributed by atoms with E-state index in [9.17, 15) is 13.2 Å². The Morgan fingerprint density at radius 1 is 1.28 bits per heavy atom. The summed E-state index contributed by atoms with van der Waals surface area (Å²) in [5.74, 6) is -0.165. The molecule has 0 atom stereocenters. The number of anilines is 1. The van der Waals surface area contributed by atoms with Gasteiger partial charge in [-0.15, -0.1) is 0 Å². The Hall–Kier alpha value is -0.730. The minimum atomic E-state index is -4.21. The van der Waals surface area contributed by atoms with Crippen LogP contribution < -0.4 is 5.01 Å². The third-order valence-corrected chi connectivity index (χ3v) is 3.16. The molecule has 1 radical (unpaired) electrons. The molecular weight excluding hydrogens is 267 g/mol. The third-order valence-electron chi connectivity index (χ3n) is 2.29. The van der Waals surface area contributed by atoms with Gasteiger partial charge in [-0.05, 0) is 31.2 Å². The summed E-state index contributed by atoms with van der Waals surface area (Å²) in [4.78, 5) is 11.3. The summed E-state index contributed by atoms with van der Waals surface area (Å²) in [5, 5.41) is 5.23. The standard InChI is InChI=1S/C10H10N2O4S.Na/c1-7-6-10(13)12(11-7)8-2-4-9(5-3-8)17(14,15)16;/h2-5H,6H2,1H3,(H,14,15,16);. The number of hydrazone groups is 1. The Balaban J connectivity index is 0.00000162. The molecule has 0 unspecified atom stereocenters. The molecule has 0 saturated heterocycles. The minimum absolute atomic E-state index is 0. The van der Waals surface area contributed by atoms with Gasteiger partial charge in [0.25, 0.3) is 16.0 Å². The van der Waals surface area contributed by atoms with Crippen LogP contribution in [0.1, 0.15) is 13.3 Å². The van der Waals surface area contributed by atoms with Crippen molar-refractivity contribution in [2.75, 3.05) is 5.01 Å². The van der Waals surface area contributed by atoms with Gasteiger partial charge in [-0.2, -0.15) is 13.5 Å². The van der Waals surface area contributed by atoms with Crippen LogP contribution in [-0.4, -0.2) is 54.1 Å². The number of amides is 1. The molecule has 1 N–H and O–H groups in total. The molecule has 1 aromatic rings. The predicted octanol–water partition coefficient (Wildman–Crippen LogP) is 0.665. The van der Waals surface area contributed by atoms with Gasteiger partial charge in [0.1, 0.15) is 0 Å². The van der Waals surface area contributed by atoms with Crippen molar-refractivity contribution >= 4 is 57.0 Å². The van der Waals surface area contributed by atoms with Crippen molar-refractivity contribution in [1.82, 2.24) is 0 Å². The molecule has 1 amide bonds. The van der Waals surface area contributed by atoms with Gasteiger partial charge in [0, 0.05) is 35.3 Å². The van der Waals surface area contributed by atoms with Gasteiger partial charge in [-0.25, -0.2) is 5.01 Å². The van der Waals surface area contributed by atoms with E-state index >= 15 is 0 Å². The van der Waals surface area contributed by atoms with Crippen molar-refractivity contribution < 1.29 is 17.8 Å². The number of nitrogens with zero attached hydrogens (tertiary/aromatic N) is 2. The molecule has 2 rings (SSSR count). The van der Waals surface area contributed by atoms with Gasteiger partial charge in [0.15, 0.2) is 0 Å². The zero-order valence-electron chi connectivity index (χ0n) is 9.99. The van der Waals surface area contributed by atoms with Crippen molar-refractivity contribution in [3.05, 3.63) is 24.3 Å². The van der Waals surface area contributed by atoms with Crippen LogP contribution in [-0.2, 0) is 14.9 Å². The summed E-state index contributed by atoms with van der Waals surface area (Å²) in [6, 6.07) is 5.29. The Morgan fingerprint density at radius 2 is 1.83 bits per heavy atom. The number of hydrogen-bond acceptors (Lipinski definition) is 4. The Labute approximate surface area is 127 Å². The maximum Gasteiger partial charge on any atom is 0.294 e. The molecular formula is C10H10N2NaO4S. The van der Waals surface area contributed by atoms with Crippen LogP contribution in [0.25, 0.3) is 0 Å². The number of carbonyl (C=O) groups excluding carboxylic acids is 1. The van der Waals surface area contributed by atoms with Crippen molar-refractivity contribution in [3.8, 4) is 0 Å². The monoisotopic (exact) mass is 277 g/mol. The summed E-state index contributed by atoms with van der Waals surface area (Å²) in [5.41, 5.74) is 1.17. The molecule has 8 heteroatoms. The van der Waals surface area contributed by atoms with Crippen LogP contribution in [0.4, 0.5) is 5.69 Å². The van der Waals surface area contributed by atoms with Crippen LogP contribution in [0.2, 0.25) is 0 Å². The van der Waals surface area contributed by atoms with Crippen LogP contribution in [0.3, 0.4) is 0 Å². The van der Waals surface area contributed by atoms with Crippen LogP contribution in [0, 0.1) is 0 Å². The normalized spacial score (nSPS) is 15.3. The molecule has 1 aliphatic heterocycles. The second-order valence-corrected chi connectivity index (χ2v) is 5.11. The van der Waals surface area contributed by atoms with Gasteiger partial charge >= 0.3 is 0 Å². The maximum absolute atomic E-state index is 11.5. The molecule has 18 heavy (non-hydrogen) atoms. The van der Waals surface area contributed by atoms with E-state index in [2.05, 4.69) is 5.10 Å². The SMILES string of the molecule is CC1=NN(c2ccc(S(=O)(=O)O)cc2)C(=O)C1.[Na]. The molecule has 1 aliphatic rings. The first-order chi connectivity index (χ1) is 7.88. The predicted molar refractivity (Wildman–Crippen MR) is 67.2 cm³/mol. The largest absolute Gasteiger partial charge is 0.294 e. The number of carbonyl (C=O) groups is 1. The molecule has 1 aromatic carbocycles. The Morgan fingerprint density at radius 3 is 2.22 bits per heavy atom. The molecule has 0 saturated carbocycles. The van der Waals surface area contributed by atoms with E-state index in [1.54, 1.807) is 6.92 Å². The molecule has 0 spiro atoms. The molecule has 0 aromatic heterocycles. The summed E-state index contributed by atoms with van der Waals surface area (Å²) in [6.45, 7) is 1.74. The third kappa shape index (κ3) is 3.18. The second kappa shape index (κ2) is 5.50. The van der Waals surface area contributed by atoms with Gasteiger partial charge in [-0.1, -0.05) is 0 Å². The summed E-state index contributed by atoms with van der Waals surface area (Å²) < 4.78 is 30.5. The van der Waals surface area contributed by atoms with Crippen LogP contribution in [0.15, 0.2) is 34.3 Å². The first-order valence-corrected chi connectivity index (χ1v) is 6.26. The van der Waals surface area contributed by atoms with E-state index in [1.165, 1.54) is 29.3 Å². The van der Waals surface area contributed by atoms with Crippen LogP contribution >= 0.6 is 0 Å². The van der Waals surface area contributed by atoms with Gasteiger partial charge in [0.2, 0.25) is 0 Å². The van der Waals surface area contributed by atoms with Gasteiger partial charge in [0.05, 0.1) is 17.0 Å². The first kappa shape index (κ1) is 15.3. The van der Waals surface area contributed by atoms with Crippen molar-refractivity contribution in [1.29, 1.82) is 0 Å². The van der Waals surface area contributed by atoms with Crippen molar-refractivity contribution in [2.45, 2.75) is 18.2 Å². The molecule has 6 nitrogen and oxygen atoms in total. The first-order valence-electron chi connectivity index (χ1n) is 4.82. The van der Waals surface area contributed by atoms with E-state index in [0.717, 1.165) is 0 Å². The average molecular weight is 277 g/mol. The summed E-state index contributed by atoms with van der Waals surface area (Å²) >= 11 is 0. The van der Waals surface area contributed by atoms with Crippen LogP contribution in [0.5, 0.6) is 0 Å². The molecule has 1 heterocycles. The van der Waals surface area contributed by atoms with Crippen molar-refractivity contribution in [2.24, 2.45) is 5.10 Å². The average Bonchev–Trinajstić information content (AvgIpc) is 2.57.